The number of guanidine groups is 1. The maximum Gasteiger partial charge on any atom is 0.194 e. The lowest BCUT2D eigenvalue weighted by atomic mass is 10.2. The molecule has 164 valence electrons. The van der Waals surface area contributed by atoms with Crippen molar-refractivity contribution in [3.63, 3.8) is 0 Å². The van der Waals surface area contributed by atoms with Gasteiger partial charge >= 0.3 is 0 Å². The molecule has 0 radical (unpaired) electrons. The third kappa shape index (κ3) is 6.68. The molecule has 0 spiro atoms. The lowest BCUT2D eigenvalue weighted by Crippen LogP contribution is -2.52. The van der Waals surface area contributed by atoms with Gasteiger partial charge in [0.15, 0.2) is 5.96 Å². The Bertz CT molecular complexity index is 802. The van der Waals surface area contributed by atoms with E-state index >= 15 is 0 Å². The standard InChI is InChI=1S/C21H32ClN7O/c1-3-20-26-25-17-29(20)9-7-23-21(24-8-14-30-2)28-12-10-27(11-13-28)16-18-5-4-6-19(22)15-18/h4-6,15,17H,3,7-14,16H2,1-2H3,(H,23,24). The zero-order valence-corrected chi connectivity index (χ0v) is 18.7. The van der Waals surface area contributed by atoms with Crippen molar-refractivity contribution in [3.05, 3.63) is 47.0 Å². The number of methoxy groups -OCH3 is 1. The molecule has 1 aromatic carbocycles. The number of aryl methyl sites for hydroxylation is 1. The molecule has 8 nitrogen and oxygen atoms in total. The predicted molar refractivity (Wildman–Crippen MR) is 120 cm³/mol. The van der Waals surface area contributed by atoms with Gasteiger partial charge in [-0.1, -0.05) is 30.7 Å². The third-order valence-corrected chi connectivity index (χ3v) is 5.41. The van der Waals surface area contributed by atoms with Crippen LogP contribution >= 0.6 is 11.6 Å². The van der Waals surface area contributed by atoms with Gasteiger partial charge in [0.25, 0.3) is 0 Å². The monoisotopic (exact) mass is 433 g/mol. The SMILES string of the molecule is CCc1nncn1CCNC(=NCCOC)N1CCN(Cc2cccc(Cl)c2)CC1. The van der Waals surface area contributed by atoms with E-state index in [2.05, 4.69) is 42.9 Å². The molecule has 0 unspecified atom stereocenters. The van der Waals surface area contributed by atoms with Gasteiger partial charge in [-0.15, -0.1) is 10.2 Å². The van der Waals surface area contributed by atoms with Crippen LogP contribution in [0.25, 0.3) is 0 Å². The molecule has 3 rings (SSSR count). The maximum atomic E-state index is 6.12. The van der Waals surface area contributed by atoms with Crippen LogP contribution in [-0.4, -0.2) is 83.5 Å². The number of rotatable bonds is 9. The minimum Gasteiger partial charge on any atom is -0.383 e. The number of aliphatic imine (C=N–C) groups is 1. The van der Waals surface area contributed by atoms with Crippen molar-refractivity contribution in [1.82, 2.24) is 29.9 Å². The maximum absolute atomic E-state index is 6.12. The van der Waals surface area contributed by atoms with E-state index in [4.69, 9.17) is 21.3 Å². The number of hydrogen-bond donors (Lipinski definition) is 1. The first-order chi connectivity index (χ1) is 14.7. The van der Waals surface area contributed by atoms with Crippen LogP contribution in [0.1, 0.15) is 18.3 Å². The van der Waals surface area contributed by atoms with E-state index in [9.17, 15) is 0 Å². The minimum atomic E-state index is 0.616. The molecular formula is C21H32ClN7O. The number of piperazine rings is 1. The quantitative estimate of drug-likeness (QED) is 0.370. The molecule has 1 aromatic heterocycles. The highest BCUT2D eigenvalue weighted by Gasteiger charge is 2.20. The number of benzene rings is 1. The topological polar surface area (TPSA) is 70.8 Å². The van der Waals surface area contributed by atoms with E-state index in [1.807, 2.05) is 18.2 Å². The molecule has 1 N–H and O–H groups in total. The van der Waals surface area contributed by atoms with Crippen molar-refractivity contribution >= 4 is 17.6 Å². The molecule has 0 aliphatic carbocycles. The van der Waals surface area contributed by atoms with Gasteiger partial charge in [0.05, 0.1) is 13.2 Å². The second kappa shape index (κ2) is 11.9. The highest BCUT2D eigenvalue weighted by molar-refractivity contribution is 6.30. The van der Waals surface area contributed by atoms with E-state index in [-0.39, 0.29) is 0 Å². The Hall–Kier alpha value is -2.16. The summed E-state index contributed by atoms with van der Waals surface area (Å²) in [4.78, 5) is 9.54. The van der Waals surface area contributed by atoms with Gasteiger partial charge in [0.1, 0.15) is 12.2 Å². The van der Waals surface area contributed by atoms with Crippen LogP contribution in [0.3, 0.4) is 0 Å². The zero-order chi connectivity index (χ0) is 21.2. The summed E-state index contributed by atoms with van der Waals surface area (Å²) < 4.78 is 7.26. The number of halogens is 1. The summed E-state index contributed by atoms with van der Waals surface area (Å²) in [5.41, 5.74) is 1.25. The van der Waals surface area contributed by atoms with Crippen LogP contribution in [0.15, 0.2) is 35.6 Å². The molecule has 0 bridgehead atoms. The number of ether oxygens (including phenoxy) is 1. The first-order valence-corrected chi connectivity index (χ1v) is 10.9. The minimum absolute atomic E-state index is 0.616. The van der Waals surface area contributed by atoms with Crippen molar-refractivity contribution in [2.75, 3.05) is 53.0 Å². The second-order valence-corrected chi connectivity index (χ2v) is 7.75. The molecule has 2 aromatic rings. The van der Waals surface area contributed by atoms with Crippen molar-refractivity contribution in [3.8, 4) is 0 Å². The second-order valence-electron chi connectivity index (χ2n) is 7.31. The lowest BCUT2D eigenvalue weighted by Gasteiger charge is -2.36. The van der Waals surface area contributed by atoms with E-state index in [1.54, 1.807) is 13.4 Å². The van der Waals surface area contributed by atoms with Crippen LogP contribution in [0.2, 0.25) is 5.02 Å². The average Bonchev–Trinajstić information content (AvgIpc) is 3.21. The molecule has 0 atom stereocenters. The van der Waals surface area contributed by atoms with Crippen molar-refractivity contribution in [1.29, 1.82) is 0 Å². The normalized spacial score (nSPS) is 15.6. The fraction of sp³-hybridized carbons (Fsp3) is 0.571. The van der Waals surface area contributed by atoms with Crippen LogP contribution < -0.4 is 5.32 Å². The summed E-state index contributed by atoms with van der Waals surface area (Å²) in [6, 6.07) is 8.11. The van der Waals surface area contributed by atoms with E-state index < -0.39 is 0 Å². The first kappa shape index (κ1) is 22.5. The fourth-order valence-electron chi connectivity index (χ4n) is 3.55. The Morgan fingerprint density at radius 1 is 1.27 bits per heavy atom. The van der Waals surface area contributed by atoms with Gasteiger partial charge in [-0.2, -0.15) is 0 Å². The molecule has 1 aliphatic rings. The number of aromatic nitrogens is 3. The molecule has 0 saturated carbocycles. The van der Waals surface area contributed by atoms with Crippen molar-refractivity contribution in [2.45, 2.75) is 26.4 Å². The molecule has 0 amide bonds. The molecule has 1 fully saturated rings. The lowest BCUT2D eigenvalue weighted by molar-refractivity contribution is 0.171. The number of hydrogen-bond acceptors (Lipinski definition) is 5. The summed E-state index contributed by atoms with van der Waals surface area (Å²) in [6.45, 7) is 9.72. The number of nitrogens with zero attached hydrogens (tertiary/aromatic N) is 6. The van der Waals surface area contributed by atoms with Gasteiger partial charge in [-0.25, -0.2) is 0 Å². The van der Waals surface area contributed by atoms with Crippen molar-refractivity contribution in [2.24, 2.45) is 4.99 Å². The van der Waals surface area contributed by atoms with Gasteiger partial charge in [-0.3, -0.25) is 9.89 Å². The Labute approximate surface area is 183 Å². The van der Waals surface area contributed by atoms with Gasteiger partial charge in [-0.05, 0) is 17.7 Å². The molecular weight excluding hydrogens is 402 g/mol. The molecule has 9 heteroatoms. The average molecular weight is 434 g/mol. The molecule has 1 saturated heterocycles. The highest BCUT2D eigenvalue weighted by Crippen LogP contribution is 2.14. The van der Waals surface area contributed by atoms with Crippen LogP contribution in [0, 0.1) is 0 Å². The summed E-state index contributed by atoms with van der Waals surface area (Å²) in [6.07, 6.45) is 2.67. The Morgan fingerprint density at radius 2 is 2.10 bits per heavy atom. The Morgan fingerprint density at radius 3 is 2.83 bits per heavy atom. The fourth-order valence-corrected chi connectivity index (χ4v) is 3.76. The summed E-state index contributed by atoms with van der Waals surface area (Å²) >= 11 is 6.12. The van der Waals surface area contributed by atoms with Gasteiger partial charge in [0, 0.05) is 64.4 Å². The highest BCUT2D eigenvalue weighted by atomic mass is 35.5. The summed E-state index contributed by atoms with van der Waals surface area (Å²) in [5, 5.41) is 12.5. The van der Waals surface area contributed by atoms with Crippen LogP contribution in [0.5, 0.6) is 0 Å². The summed E-state index contributed by atoms with van der Waals surface area (Å²) in [5.74, 6) is 1.95. The number of nitrogens with one attached hydrogen (secondary N) is 1. The largest absolute Gasteiger partial charge is 0.383 e. The third-order valence-electron chi connectivity index (χ3n) is 5.17. The van der Waals surface area contributed by atoms with Crippen molar-refractivity contribution < 1.29 is 4.74 Å². The van der Waals surface area contributed by atoms with E-state index in [1.165, 1.54) is 5.56 Å². The van der Waals surface area contributed by atoms with E-state index in [0.29, 0.717) is 13.2 Å². The van der Waals surface area contributed by atoms with E-state index in [0.717, 1.165) is 69.0 Å². The predicted octanol–water partition coefficient (Wildman–Crippen LogP) is 1.90. The van der Waals surface area contributed by atoms with Crippen LogP contribution in [-0.2, 0) is 24.2 Å². The smallest absolute Gasteiger partial charge is 0.194 e. The van der Waals surface area contributed by atoms with Gasteiger partial charge in [0.2, 0.25) is 0 Å². The van der Waals surface area contributed by atoms with Gasteiger partial charge < -0.3 is 19.5 Å². The Kier molecular flexibility index (Phi) is 8.92. The van der Waals surface area contributed by atoms with Crippen LogP contribution in [0.4, 0.5) is 0 Å². The molecule has 2 heterocycles. The summed E-state index contributed by atoms with van der Waals surface area (Å²) in [7, 11) is 1.70. The zero-order valence-electron chi connectivity index (χ0n) is 17.9. The molecule has 1 aliphatic heterocycles. The first-order valence-electron chi connectivity index (χ1n) is 10.5. The molecule has 30 heavy (non-hydrogen) atoms. The Balaban J connectivity index is 1.52.